The quantitative estimate of drug-likeness (QED) is 0.0536. The highest BCUT2D eigenvalue weighted by Crippen LogP contribution is 2.34. The number of aromatic hydroxyl groups is 1. The van der Waals surface area contributed by atoms with E-state index in [4.69, 9.17) is 33.9 Å². The summed E-state index contributed by atoms with van der Waals surface area (Å²) in [6.45, 7) is 9.42. The highest BCUT2D eigenvalue weighted by molar-refractivity contribution is 5.82. The van der Waals surface area contributed by atoms with E-state index in [0.29, 0.717) is 23.6 Å². The van der Waals surface area contributed by atoms with E-state index < -0.39 is 29.4 Å². The molecule has 0 spiro atoms. The van der Waals surface area contributed by atoms with Crippen molar-refractivity contribution < 1.29 is 38.4 Å². The van der Waals surface area contributed by atoms with Crippen molar-refractivity contribution >= 4 is 17.9 Å². The number of nitrogens with zero attached hydrogens (tertiary/aromatic N) is 3. The largest absolute Gasteiger partial charge is 0.507 e. The maximum atomic E-state index is 13.1. The number of hydrogen-bond donors (Lipinski definition) is 1. The number of esters is 3. The van der Waals surface area contributed by atoms with Crippen molar-refractivity contribution in [3.8, 4) is 67.9 Å². The Balaban J connectivity index is 1.24. The lowest BCUT2D eigenvalue weighted by Crippen LogP contribution is -2.40. The number of phenols is 1. The Hall–Kier alpha value is -7.40. The predicted molar refractivity (Wildman–Crippen MR) is 225 cm³/mol. The van der Waals surface area contributed by atoms with Crippen LogP contribution in [0.15, 0.2) is 153 Å². The van der Waals surface area contributed by atoms with Gasteiger partial charge < -0.3 is 24.1 Å². The lowest BCUT2D eigenvalue weighted by molar-refractivity contribution is -0.163. The fourth-order valence-electron chi connectivity index (χ4n) is 6.00. The monoisotopic (exact) mass is 789 g/mol. The summed E-state index contributed by atoms with van der Waals surface area (Å²) in [5, 5.41) is 11.3. The van der Waals surface area contributed by atoms with Crippen LogP contribution in [0.2, 0.25) is 0 Å². The van der Waals surface area contributed by atoms with Crippen LogP contribution in [0.4, 0.5) is 0 Å². The van der Waals surface area contributed by atoms with Crippen molar-refractivity contribution in [2.75, 3.05) is 19.8 Å². The third kappa shape index (κ3) is 10.5. The van der Waals surface area contributed by atoms with Gasteiger partial charge in [-0.2, -0.15) is 0 Å². The van der Waals surface area contributed by atoms with Gasteiger partial charge in [0.15, 0.2) is 23.6 Å². The second-order valence-electron chi connectivity index (χ2n) is 13.7. The summed E-state index contributed by atoms with van der Waals surface area (Å²) in [6, 6.07) is 40.5. The highest BCUT2D eigenvalue weighted by atomic mass is 16.6. The molecule has 0 aliphatic heterocycles. The number of carbonyl (C=O) groups excluding carboxylic acids is 3. The zero-order valence-electron chi connectivity index (χ0n) is 32.7. The molecule has 59 heavy (non-hydrogen) atoms. The maximum absolute atomic E-state index is 13.1. The highest BCUT2D eigenvalue weighted by Gasteiger charge is 2.35. The Morgan fingerprint density at radius 1 is 0.610 bits per heavy atom. The van der Waals surface area contributed by atoms with Gasteiger partial charge in [0, 0.05) is 29.3 Å². The molecule has 0 aliphatic rings. The number of benzene rings is 5. The minimum atomic E-state index is -1.12. The normalized spacial score (nSPS) is 11.5. The van der Waals surface area contributed by atoms with E-state index in [1.54, 1.807) is 19.1 Å². The molecule has 11 heteroatoms. The molecule has 0 saturated carbocycles. The van der Waals surface area contributed by atoms with Crippen LogP contribution in [0.1, 0.15) is 20.3 Å². The average molecular weight is 790 g/mol. The first-order valence-corrected chi connectivity index (χ1v) is 18.9. The van der Waals surface area contributed by atoms with Gasteiger partial charge in [-0.15, -0.1) is 0 Å². The van der Waals surface area contributed by atoms with Crippen molar-refractivity contribution in [1.29, 1.82) is 0 Å². The number of rotatable bonds is 17. The second-order valence-corrected chi connectivity index (χ2v) is 13.7. The van der Waals surface area contributed by atoms with E-state index in [0.717, 1.165) is 45.5 Å². The summed E-state index contributed by atoms with van der Waals surface area (Å²) >= 11 is 0. The van der Waals surface area contributed by atoms with Crippen LogP contribution in [0.25, 0.3) is 56.4 Å². The van der Waals surface area contributed by atoms with Gasteiger partial charge in [-0.25, -0.2) is 29.3 Å². The molecule has 5 aromatic carbocycles. The predicted octanol–water partition coefficient (Wildman–Crippen LogP) is 9.08. The third-order valence-corrected chi connectivity index (χ3v) is 9.64. The molecule has 1 aromatic heterocycles. The first-order chi connectivity index (χ1) is 28.6. The summed E-state index contributed by atoms with van der Waals surface area (Å²) in [5.41, 5.74) is 5.03. The Morgan fingerprint density at radius 3 is 1.47 bits per heavy atom. The number of phenolic OH excluding ortho intramolecular Hbond substituents is 1. The van der Waals surface area contributed by atoms with Crippen molar-refractivity contribution in [3.05, 3.63) is 153 Å². The van der Waals surface area contributed by atoms with Crippen molar-refractivity contribution in [3.63, 3.8) is 0 Å². The molecule has 1 heterocycles. The minimum absolute atomic E-state index is 0.180. The van der Waals surface area contributed by atoms with Gasteiger partial charge >= 0.3 is 17.9 Å². The lowest BCUT2D eigenvalue weighted by Gasteiger charge is -2.31. The molecule has 0 amide bonds. The smallest absolute Gasteiger partial charge is 0.347 e. The maximum Gasteiger partial charge on any atom is 0.347 e. The van der Waals surface area contributed by atoms with E-state index in [1.165, 1.54) is 13.0 Å². The Labute approximate surface area is 342 Å². The van der Waals surface area contributed by atoms with Gasteiger partial charge in [-0.1, -0.05) is 129 Å². The van der Waals surface area contributed by atoms with Crippen LogP contribution in [0, 0.1) is 5.41 Å². The van der Waals surface area contributed by atoms with Crippen LogP contribution in [-0.2, 0) is 28.6 Å². The van der Waals surface area contributed by atoms with Gasteiger partial charge in [-0.05, 0) is 47.7 Å². The topological polar surface area (TPSA) is 147 Å². The van der Waals surface area contributed by atoms with E-state index in [2.05, 4.69) is 13.2 Å². The molecule has 0 fully saturated rings. The lowest BCUT2D eigenvalue weighted by atomic mass is 9.88. The molecule has 11 nitrogen and oxygen atoms in total. The van der Waals surface area contributed by atoms with Gasteiger partial charge in [0.2, 0.25) is 0 Å². The number of hydrogen-bond acceptors (Lipinski definition) is 11. The van der Waals surface area contributed by atoms with Crippen LogP contribution in [0.3, 0.4) is 0 Å². The molecule has 6 rings (SSSR count). The zero-order valence-corrected chi connectivity index (χ0v) is 32.7. The van der Waals surface area contributed by atoms with E-state index in [1.807, 2.05) is 109 Å². The summed E-state index contributed by atoms with van der Waals surface area (Å²) in [6.07, 6.45) is 1.23. The second kappa shape index (κ2) is 19.2. The minimum Gasteiger partial charge on any atom is -0.507 e. The van der Waals surface area contributed by atoms with E-state index in [-0.39, 0.29) is 37.1 Å². The Kier molecular flexibility index (Phi) is 13.4. The van der Waals surface area contributed by atoms with E-state index >= 15 is 0 Å². The number of carbonyl (C=O) groups is 3. The Bertz CT molecular complexity index is 2290. The fourth-order valence-corrected chi connectivity index (χ4v) is 6.00. The first-order valence-electron chi connectivity index (χ1n) is 18.9. The van der Waals surface area contributed by atoms with Gasteiger partial charge in [-0.3, -0.25) is 0 Å². The molecular weight excluding hydrogens is 747 g/mol. The summed E-state index contributed by atoms with van der Waals surface area (Å²) in [5.74, 6) is -1.05. The van der Waals surface area contributed by atoms with Gasteiger partial charge in [0.1, 0.15) is 31.3 Å². The van der Waals surface area contributed by atoms with Crippen LogP contribution in [-0.4, -0.2) is 63.9 Å². The molecule has 298 valence electrons. The van der Waals surface area contributed by atoms with Gasteiger partial charge in [0.25, 0.3) is 0 Å². The summed E-state index contributed by atoms with van der Waals surface area (Å²) in [4.78, 5) is 51.2. The van der Waals surface area contributed by atoms with Crippen LogP contribution < -0.4 is 4.74 Å². The van der Waals surface area contributed by atoms with Crippen molar-refractivity contribution in [1.82, 2.24) is 15.0 Å². The molecule has 0 saturated heterocycles. The molecule has 0 aliphatic carbocycles. The fraction of sp³-hybridized carbons (Fsp3) is 0.167. The van der Waals surface area contributed by atoms with E-state index in [9.17, 15) is 19.5 Å². The standard InChI is InChI=1S/C48H43N3O8/c1-5-42(53)56-29-48(7-3,30-57-43(54)6-2)31-58-47(55)32(4)59-39-26-27-40(41(52)28-39)46-50-44(37-22-18-35(19-23-37)33-14-10-8-11-15-33)49-45(51-46)38-24-20-36(21-25-38)34-16-12-9-13-17-34/h5-6,8-28,32,52H,1-2,7,29-31H2,3-4H3. The summed E-state index contributed by atoms with van der Waals surface area (Å²) in [7, 11) is 0. The van der Waals surface area contributed by atoms with Crippen LogP contribution in [0.5, 0.6) is 11.5 Å². The molecule has 1 atom stereocenters. The van der Waals surface area contributed by atoms with Crippen molar-refractivity contribution in [2.24, 2.45) is 5.41 Å². The Morgan fingerprint density at radius 2 is 1.03 bits per heavy atom. The number of aromatic nitrogens is 3. The number of ether oxygens (including phenoxy) is 4. The van der Waals surface area contributed by atoms with Crippen molar-refractivity contribution in [2.45, 2.75) is 26.4 Å². The SMILES string of the molecule is C=CC(=O)OCC(CC)(COC(=O)C=C)COC(=O)C(C)Oc1ccc(-c2nc(-c3ccc(-c4ccccc4)cc3)nc(-c3ccc(-c4ccccc4)cc3)n2)c(O)c1. The average Bonchev–Trinajstić information content (AvgIpc) is 3.29. The van der Waals surface area contributed by atoms with Gasteiger partial charge in [0.05, 0.1) is 11.0 Å². The summed E-state index contributed by atoms with van der Waals surface area (Å²) < 4.78 is 21.9. The molecule has 6 aromatic rings. The molecule has 1 unspecified atom stereocenters. The third-order valence-electron chi connectivity index (χ3n) is 9.64. The zero-order chi connectivity index (χ0) is 41.8. The molecular formula is C48H43N3O8. The first kappa shape index (κ1) is 41.2. The van der Waals surface area contributed by atoms with Crippen LogP contribution >= 0.6 is 0 Å². The molecule has 1 N–H and O–H groups in total. The molecule has 0 radical (unpaired) electrons. The molecule has 0 bridgehead atoms.